The number of hydrogen-bond acceptors (Lipinski definition) is 3. The zero-order chi connectivity index (χ0) is 25.2. The monoisotopic (exact) mass is 483 g/mol. The quantitative estimate of drug-likeness (QED) is 0.403. The van der Waals surface area contributed by atoms with Gasteiger partial charge in [-0.2, -0.15) is 0 Å². The van der Waals surface area contributed by atoms with Gasteiger partial charge in [-0.05, 0) is 93.9 Å². The van der Waals surface area contributed by atoms with Gasteiger partial charge in [0.2, 0.25) is 0 Å². The van der Waals surface area contributed by atoms with E-state index in [1.807, 2.05) is 0 Å². The molecule has 0 radical (unpaired) electrons. The van der Waals surface area contributed by atoms with E-state index < -0.39 is 0 Å². The Bertz CT molecular complexity index is 1020. The molecule has 3 heterocycles. The molecular formula is C33H45N3. The van der Waals surface area contributed by atoms with E-state index in [2.05, 4.69) is 121 Å². The van der Waals surface area contributed by atoms with Crippen molar-refractivity contribution in [2.45, 2.75) is 43.9 Å². The summed E-state index contributed by atoms with van der Waals surface area (Å²) in [4.78, 5) is 7.16. The average Bonchev–Trinajstić information content (AvgIpc) is 3.37. The number of hydrogen-bond donors (Lipinski definition) is 0. The third-order valence-electron chi connectivity index (χ3n) is 7.90. The van der Waals surface area contributed by atoms with E-state index in [-0.39, 0.29) is 0 Å². The molecule has 0 bridgehead atoms. The van der Waals surface area contributed by atoms with E-state index in [0.717, 1.165) is 11.8 Å². The van der Waals surface area contributed by atoms with E-state index in [1.54, 1.807) is 0 Å². The van der Waals surface area contributed by atoms with Gasteiger partial charge in [0.25, 0.3) is 0 Å². The Balaban J connectivity index is 0.000000127. The zero-order valence-corrected chi connectivity index (χ0v) is 22.7. The van der Waals surface area contributed by atoms with Gasteiger partial charge < -0.3 is 14.7 Å². The zero-order valence-electron chi connectivity index (χ0n) is 22.7. The molecule has 0 spiro atoms. The molecule has 3 aromatic rings. The van der Waals surface area contributed by atoms with Crippen LogP contribution in [0, 0.1) is 0 Å². The Kier molecular flexibility index (Phi) is 10.0. The first-order valence-corrected chi connectivity index (χ1v) is 13.9. The fourth-order valence-corrected chi connectivity index (χ4v) is 5.82. The van der Waals surface area contributed by atoms with Gasteiger partial charge in [-0.15, -0.1) is 0 Å². The smallest absolute Gasteiger partial charge is 0.0396 e. The van der Waals surface area contributed by atoms with Gasteiger partial charge in [-0.1, -0.05) is 78.9 Å². The Morgan fingerprint density at radius 3 is 1.69 bits per heavy atom. The number of rotatable bonds is 2. The maximum Gasteiger partial charge on any atom is 0.0396 e. The van der Waals surface area contributed by atoms with Crippen LogP contribution in [0.3, 0.4) is 0 Å². The van der Waals surface area contributed by atoms with Crippen LogP contribution in [0.15, 0.2) is 84.9 Å². The van der Waals surface area contributed by atoms with Crippen LogP contribution in [-0.2, 0) is 6.42 Å². The highest BCUT2D eigenvalue weighted by Gasteiger charge is 2.20. The second-order valence-electron chi connectivity index (χ2n) is 10.8. The number of likely N-dealkylation sites (N-methyl/N-ethyl adjacent to an activating group) is 2. The van der Waals surface area contributed by atoms with Gasteiger partial charge in [0.15, 0.2) is 0 Å². The van der Waals surface area contributed by atoms with Crippen LogP contribution in [0.5, 0.6) is 0 Å². The van der Waals surface area contributed by atoms with Crippen molar-refractivity contribution in [3.63, 3.8) is 0 Å². The number of piperidine rings is 1. The van der Waals surface area contributed by atoms with Gasteiger partial charge in [0.05, 0.1) is 0 Å². The summed E-state index contributed by atoms with van der Waals surface area (Å²) in [6.45, 7) is 6.17. The lowest BCUT2D eigenvalue weighted by Crippen LogP contribution is -2.30. The summed E-state index contributed by atoms with van der Waals surface area (Å²) in [5, 5.41) is 0. The first-order valence-electron chi connectivity index (χ1n) is 13.9. The van der Waals surface area contributed by atoms with Crippen LogP contribution in [0.4, 0.5) is 5.69 Å². The molecule has 2 unspecified atom stereocenters. The number of anilines is 1. The Hall–Kier alpha value is -2.62. The summed E-state index contributed by atoms with van der Waals surface area (Å²) >= 11 is 0. The number of likely N-dealkylation sites (tertiary alicyclic amines) is 2. The highest BCUT2D eigenvalue weighted by molar-refractivity contribution is 5.54. The van der Waals surface area contributed by atoms with Gasteiger partial charge in [0.1, 0.15) is 0 Å². The second-order valence-corrected chi connectivity index (χ2v) is 10.8. The highest BCUT2D eigenvalue weighted by atomic mass is 15.1. The summed E-state index contributed by atoms with van der Waals surface area (Å²) < 4.78 is 0. The molecular weight excluding hydrogens is 438 g/mol. The Morgan fingerprint density at radius 2 is 1.11 bits per heavy atom. The molecule has 6 rings (SSSR count). The third kappa shape index (κ3) is 7.69. The molecule has 2 fully saturated rings. The van der Waals surface area contributed by atoms with Crippen molar-refractivity contribution in [3.8, 4) is 0 Å². The third-order valence-corrected chi connectivity index (χ3v) is 7.90. The van der Waals surface area contributed by atoms with Crippen molar-refractivity contribution >= 4 is 5.69 Å². The number of aryl methyl sites for hydroxylation is 1. The maximum atomic E-state index is 2.43. The van der Waals surface area contributed by atoms with Crippen molar-refractivity contribution in [2.24, 2.45) is 0 Å². The average molecular weight is 484 g/mol. The largest absolute Gasteiger partial charge is 0.374 e. The fourth-order valence-electron chi connectivity index (χ4n) is 5.82. The van der Waals surface area contributed by atoms with E-state index in [9.17, 15) is 0 Å². The number of benzene rings is 3. The minimum Gasteiger partial charge on any atom is -0.374 e. The normalized spacial score (nSPS) is 22.0. The van der Waals surface area contributed by atoms with Crippen molar-refractivity contribution < 1.29 is 0 Å². The van der Waals surface area contributed by atoms with Crippen LogP contribution in [0.2, 0.25) is 0 Å². The van der Waals surface area contributed by atoms with Crippen LogP contribution in [0.1, 0.15) is 54.2 Å². The molecule has 2 saturated heterocycles. The van der Waals surface area contributed by atoms with Crippen molar-refractivity contribution in [1.29, 1.82) is 0 Å². The van der Waals surface area contributed by atoms with E-state index in [1.165, 1.54) is 87.2 Å². The molecule has 3 aliphatic heterocycles. The lowest BCUT2D eigenvalue weighted by molar-refractivity contribution is 0.251. The molecule has 0 saturated carbocycles. The molecule has 0 aromatic heterocycles. The van der Waals surface area contributed by atoms with Crippen LogP contribution in [-0.4, -0.2) is 63.7 Å². The van der Waals surface area contributed by atoms with Crippen LogP contribution >= 0.6 is 0 Å². The summed E-state index contributed by atoms with van der Waals surface area (Å²) in [6.07, 6.45) is 6.57. The molecule has 3 heteroatoms. The van der Waals surface area contributed by atoms with Crippen LogP contribution < -0.4 is 4.90 Å². The van der Waals surface area contributed by atoms with E-state index in [4.69, 9.17) is 0 Å². The minimum absolute atomic E-state index is 0.764. The Morgan fingerprint density at radius 1 is 0.556 bits per heavy atom. The first kappa shape index (κ1) is 26.4. The SMILES string of the molecule is CN1CCC(c2ccccc2)C1.CN1CCCC(c2ccccc2)C1.CN1CCCc2ccccc21. The van der Waals surface area contributed by atoms with Gasteiger partial charge in [-0.3, -0.25) is 0 Å². The standard InChI is InChI=1S/C12H17N.C11H15N.C10H13N/c1-13-9-5-8-12(10-13)11-6-3-2-4-7-11;1-12-8-7-11(9-12)10-5-3-2-4-6-10;1-11-8-4-6-9-5-2-3-7-10(9)11/h2-4,6-7,12H,5,8-10H2,1H3;2-6,11H,7-9H2,1H3;2-3,5,7H,4,6,8H2,1H3. The van der Waals surface area contributed by atoms with E-state index >= 15 is 0 Å². The number of nitrogens with zero attached hydrogens (tertiary/aromatic N) is 3. The summed E-state index contributed by atoms with van der Waals surface area (Å²) in [5.41, 5.74) is 5.93. The highest BCUT2D eigenvalue weighted by Crippen LogP contribution is 2.27. The number of para-hydroxylation sites is 1. The fraction of sp³-hybridized carbons (Fsp3) is 0.455. The molecule has 0 amide bonds. The molecule has 192 valence electrons. The summed E-state index contributed by atoms with van der Waals surface area (Å²) in [5.74, 6) is 1.54. The molecule has 0 N–H and O–H groups in total. The molecule has 3 aliphatic rings. The predicted octanol–water partition coefficient (Wildman–Crippen LogP) is 6.67. The summed E-state index contributed by atoms with van der Waals surface area (Å²) in [7, 11) is 6.58. The lowest BCUT2D eigenvalue weighted by Gasteiger charge is -2.29. The lowest BCUT2D eigenvalue weighted by atomic mass is 9.91. The van der Waals surface area contributed by atoms with E-state index in [0.29, 0.717) is 0 Å². The first-order chi connectivity index (χ1) is 17.6. The van der Waals surface area contributed by atoms with Crippen molar-refractivity contribution in [3.05, 3.63) is 102 Å². The summed E-state index contributed by atoms with van der Waals surface area (Å²) in [6, 6.07) is 30.4. The topological polar surface area (TPSA) is 9.72 Å². The number of fused-ring (bicyclic) bond motifs is 1. The predicted molar refractivity (Wildman–Crippen MR) is 155 cm³/mol. The molecule has 36 heavy (non-hydrogen) atoms. The van der Waals surface area contributed by atoms with Gasteiger partial charge >= 0.3 is 0 Å². The minimum atomic E-state index is 0.764. The van der Waals surface area contributed by atoms with Crippen molar-refractivity contribution in [1.82, 2.24) is 9.80 Å². The second kappa shape index (κ2) is 13.6. The molecule has 2 atom stereocenters. The van der Waals surface area contributed by atoms with Crippen LogP contribution in [0.25, 0.3) is 0 Å². The maximum absolute atomic E-state index is 2.43. The van der Waals surface area contributed by atoms with Gasteiger partial charge in [0, 0.05) is 32.4 Å². The van der Waals surface area contributed by atoms with Crippen molar-refractivity contribution in [2.75, 3.05) is 58.8 Å². The molecule has 3 nitrogen and oxygen atoms in total. The molecule has 0 aliphatic carbocycles. The molecule has 3 aromatic carbocycles. The van der Waals surface area contributed by atoms with Gasteiger partial charge in [-0.25, -0.2) is 0 Å². The Labute approximate surface area is 219 Å².